The molecule has 1 aliphatic rings. The molecular formula is C18H21NO4. The molecule has 0 fully saturated rings. The average molecular weight is 315 g/mol. The maximum atomic E-state index is 12.3. The fourth-order valence-electron chi connectivity index (χ4n) is 3.33. The third-order valence-corrected chi connectivity index (χ3v) is 4.37. The Hall–Kier alpha value is -2.30. The lowest BCUT2D eigenvalue weighted by molar-refractivity contribution is -0.161. The Balaban J connectivity index is 1.99. The second-order valence-electron chi connectivity index (χ2n) is 5.73. The summed E-state index contributed by atoms with van der Waals surface area (Å²) in [6.07, 6.45) is 0.497. The number of para-hydroxylation sites is 1. The molecule has 23 heavy (non-hydrogen) atoms. The number of carbonyl (C=O) groups excluding carboxylic acids is 2. The van der Waals surface area contributed by atoms with E-state index < -0.39 is 11.8 Å². The van der Waals surface area contributed by atoms with Gasteiger partial charge in [-0.2, -0.15) is 0 Å². The number of benzene rings is 1. The first kappa shape index (κ1) is 15.6. The summed E-state index contributed by atoms with van der Waals surface area (Å²) in [5.41, 5.74) is 2.14. The second kappa shape index (κ2) is 6.44. The van der Waals surface area contributed by atoms with Crippen LogP contribution in [-0.2, 0) is 32.0 Å². The van der Waals surface area contributed by atoms with Crippen LogP contribution in [0.5, 0.6) is 0 Å². The minimum atomic E-state index is -0.502. The fourth-order valence-corrected chi connectivity index (χ4v) is 3.33. The van der Waals surface area contributed by atoms with Gasteiger partial charge in [0.2, 0.25) is 0 Å². The lowest BCUT2D eigenvalue weighted by atomic mass is 9.85. The lowest BCUT2D eigenvalue weighted by Crippen LogP contribution is -2.40. The van der Waals surface area contributed by atoms with E-state index >= 15 is 0 Å². The third kappa shape index (κ3) is 2.83. The molecule has 2 heterocycles. The Morgan fingerprint density at radius 2 is 1.74 bits per heavy atom. The number of rotatable bonds is 4. The quantitative estimate of drug-likeness (QED) is 0.814. The van der Waals surface area contributed by atoms with E-state index in [9.17, 15) is 9.59 Å². The van der Waals surface area contributed by atoms with Crippen molar-refractivity contribution in [2.24, 2.45) is 11.8 Å². The van der Waals surface area contributed by atoms with Gasteiger partial charge in [0.25, 0.3) is 0 Å². The second-order valence-corrected chi connectivity index (χ2v) is 5.73. The summed E-state index contributed by atoms with van der Waals surface area (Å²) in [5, 5.41) is 1.12. The van der Waals surface area contributed by atoms with Crippen LogP contribution in [0.4, 0.5) is 0 Å². The molecule has 5 nitrogen and oxygen atoms in total. The molecule has 0 unspecified atom stereocenters. The monoisotopic (exact) mass is 315 g/mol. The van der Waals surface area contributed by atoms with E-state index in [1.165, 1.54) is 0 Å². The van der Waals surface area contributed by atoms with E-state index in [0.29, 0.717) is 26.2 Å². The molecular weight excluding hydrogens is 294 g/mol. The first-order chi connectivity index (χ1) is 11.2. The van der Waals surface area contributed by atoms with E-state index in [1.807, 2.05) is 24.3 Å². The minimum Gasteiger partial charge on any atom is -0.466 e. The molecule has 0 saturated carbocycles. The maximum absolute atomic E-state index is 12.3. The van der Waals surface area contributed by atoms with Crippen molar-refractivity contribution < 1.29 is 19.1 Å². The van der Waals surface area contributed by atoms with E-state index in [0.717, 1.165) is 16.6 Å². The topological polar surface area (TPSA) is 57.5 Å². The summed E-state index contributed by atoms with van der Waals surface area (Å²) < 4.78 is 12.5. The molecule has 0 spiro atoms. The van der Waals surface area contributed by atoms with Crippen molar-refractivity contribution in [2.75, 3.05) is 13.2 Å². The van der Waals surface area contributed by atoms with Gasteiger partial charge in [-0.15, -0.1) is 0 Å². The molecule has 1 aliphatic heterocycles. The standard InChI is InChI=1S/C18H21NO4/c1-3-22-17(20)14-10-13-9-12-7-5-6-8-16(12)19(13)11-15(14)18(21)23-4-2/h5-9,14-15H,3-4,10-11H2,1-2H3/t14-,15-/m0/s1. The van der Waals surface area contributed by atoms with Crippen LogP contribution in [0.25, 0.3) is 10.9 Å². The van der Waals surface area contributed by atoms with E-state index in [4.69, 9.17) is 9.47 Å². The van der Waals surface area contributed by atoms with Crippen molar-refractivity contribution >= 4 is 22.8 Å². The molecule has 0 amide bonds. The Morgan fingerprint density at radius 3 is 2.43 bits per heavy atom. The lowest BCUT2D eigenvalue weighted by Gasteiger charge is -2.30. The molecule has 0 N–H and O–H groups in total. The van der Waals surface area contributed by atoms with E-state index in [-0.39, 0.29) is 11.9 Å². The average Bonchev–Trinajstić information content (AvgIpc) is 2.91. The number of hydrogen-bond acceptors (Lipinski definition) is 4. The van der Waals surface area contributed by atoms with Crippen molar-refractivity contribution in [3.8, 4) is 0 Å². The maximum Gasteiger partial charge on any atom is 0.311 e. The minimum absolute atomic E-state index is 0.310. The number of nitrogens with zero attached hydrogens (tertiary/aromatic N) is 1. The molecule has 5 heteroatoms. The van der Waals surface area contributed by atoms with Crippen LogP contribution < -0.4 is 0 Å². The fraction of sp³-hybridized carbons (Fsp3) is 0.444. The number of fused-ring (bicyclic) bond motifs is 3. The van der Waals surface area contributed by atoms with Crippen LogP contribution >= 0.6 is 0 Å². The number of esters is 2. The van der Waals surface area contributed by atoms with E-state index in [2.05, 4.69) is 10.6 Å². The van der Waals surface area contributed by atoms with Crippen LogP contribution in [-0.4, -0.2) is 29.7 Å². The van der Waals surface area contributed by atoms with Gasteiger partial charge in [0.1, 0.15) is 0 Å². The summed E-state index contributed by atoms with van der Waals surface area (Å²) >= 11 is 0. The van der Waals surface area contributed by atoms with Crippen molar-refractivity contribution in [2.45, 2.75) is 26.8 Å². The molecule has 0 bridgehead atoms. The molecule has 122 valence electrons. The Morgan fingerprint density at radius 1 is 1.09 bits per heavy atom. The Bertz CT molecular complexity index is 734. The third-order valence-electron chi connectivity index (χ3n) is 4.37. The molecule has 2 atom stereocenters. The van der Waals surface area contributed by atoms with Gasteiger partial charge in [-0.25, -0.2) is 0 Å². The summed E-state index contributed by atoms with van der Waals surface area (Å²) in [6.45, 7) is 4.62. The Kier molecular flexibility index (Phi) is 4.37. The van der Waals surface area contributed by atoms with Gasteiger partial charge in [-0.3, -0.25) is 9.59 Å². The highest BCUT2D eigenvalue weighted by molar-refractivity contribution is 5.85. The molecule has 1 aromatic carbocycles. The van der Waals surface area contributed by atoms with Gasteiger partial charge < -0.3 is 14.0 Å². The normalized spacial score (nSPS) is 20.1. The number of aromatic nitrogens is 1. The van der Waals surface area contributed by atoms with Crippen LogP contribution in [0.1, 0.15) is 19.5 Å². The van der Waals surface area contributed by atoms with Gasteiger partial charge in [0, 0.05) is 24.2 Å². The van der Waals surface area contributed by atoms with Gasteiger partial charge in [0.05, 0.1) is 25.0 Å². The smallest absolute Gasteiger partial charge is 0.311 e. The Labute approximate surface area is 135 Å². The zero-order chi connectivity index (χ0) is 16.4. The summed E-state index contributed by atoms with van der Waals surface area (Å²) in [6, 6.07) is 10.1. The first-order valence-electron chi connectivity index (χ1n) is 8.06. The number of carbonyl (C=O) groups is 2. The molecule has 0 aliphatic carbocycles. The van der Waals surface area contributed by atoms with Crippen molar-refractivity contribution in [1.29, 1.82) is 0 Å². The summed E-state index contributed by atoms with van der Waals surface area (Å²) in [5.74, 6) is -1.63. The van der Waals surface area contributed by atoms with Crippen molar-refractivity contribution in [3.05, 3.63) is 36.0 Å². The van der Waals surface area contributed by atoms with Crippen LogP contribution in [0.3, 0.4) is 0 Å². The van der Waals surface area contributed by atoms with Gasteiger partial charge in [0.15, 0.2) is 0 Å². The van der Waals surface area contributed by atoms with Crippen LogP contribution in [0.15, 0.2) is 30.3 Å². The van der Waals surface area contributed by atoms with Gasteiger partial charge in [-0.1, -0.05) is 18.2 Å². The predicted octanol–water partition coefficient (Wildman–Crippen LogP) is 2.56. The van der Waals surface area contributed by atoms with E-state index in [1.54, 1.807) is 13.8 Å². The molecule has 2 aromatic rings. The highest BCUT2D eigenvalue weighted by Crippen LogP contribution is 2.33. The van der Waals surface area contributed by atoms with Gasteiger partial charge in [-0.05, 0) is 31.4 Å². The zero-order valence-electron chi connectivity index (χ0n) is 13.5. The van der Waals surface area contributed by atoms with Crippen molar-refractivity contribution in [3.63, 3.8) is 0 Å². The summed E-state index contributed by atoms with van der Waals surface area (Å²) in [4.78, 5) is 24.6. The van der Waals surface area contributed by atoms with Crippen molar-refractivity contribution in [1.82, 2.24) is 4.57 Å². The van der Waals surface area contributed by atoms with Crippen LogP contribution in [0, 0.1) is 11.8 Å². The number of hydrogen-bond donors (Lipinski definition) is 0. The molecule has 1 aromatic heterocycles. The largest absolute Gasteiger partial charge is 0.466 e. The molecule has 0 radical (unpaired) electrons. The predicted molar refractivity (Wildman–Crippen MR) is 85.9 cm³/mol. The highest BCUT2D eigenvalue weighted by atomic mass is 16.5. The van der Waals surface area contributed by atoms with Crippen LogP contribution in [0.2, 0.25) is 0 Å². The summed E-state index contributed by atoms with van der Waals surface area (Å²) in [7, 11) is 0. The molecule has 0 saturated heterocycles. The van der Waals surface area contributed by atoms with Gasteiger partial charge >= 0.3 is 11.9 Å². The first-order valence-corrected chi connectivity index (χ1v) is 8.06. The number of ether oxygens (including phenoxy) is 2. The SMILES string of the molecule is CCOC(=O)[C@H]1Cc2cc3ccccc3n2C[C@@H]1C(=O)OCC. The highest BCUT2D eigenvalue weighted by Gasteiger charge is 2.40. The molecule has 3 rings (SSSR count). The zero-order valence-corrected chi connectivity index (χ0v) is 13.5.